The maximum absolute atomic E-state index is 9.90. The van der Waals surface area contributed by atoms with E-state index in [1.807, 2.05) is 13.8 Å². The summed E-state index contributed by atoms with van der Waals surface area (Å²) in [4.78, 5) is 0. The zero-order chi connectivity index (χ0) is 12.6. The van der Waals surface area contributed by atoms with E-state index in [-0.39, 0.29) is 25.4 Å². The van der Waals surface area contributed by atoms with Crippen molar-refractivity contribution < 1.29 is 20.4 Å². The predicted octanol–water partition coefficient (Wildman–Crippen LogP) is 0.668. The molecule has 4 unspecified atom stereocenters. The molecule has 0 radical (unpaired) electrons. The Balaban J connectivity index is 4.13. The maximum atomic E-state index is 9.90. The molecule has 4 nitrogen and oxygen atoms in total. The molecule has 0 aromatic rings. The van der Waals surface area contributed by atoms with Crippen molar-refractivity contribution in [3.8, 4) is 0 Å². The van der Waals surface area contributed by atoms with E-state index in [0.717, 1.165) is 6.42 Å². The second kappa shape index (κ2) is 8.93. The molecule has 0 aliphatic rings. The zero-order valence-corrected chi connectivity index (χ0v) is 10.3. The Morgan fingerprint density at radius 3 is 2.00 bits per heavy atom. The molecule has 0 bridgehead atoms. The third-order valence-electron chi connectivity index (χ3n) is 3.02. The lowest BCUT2D eigenvalue weighted by Crippen LogP contribution is -2.34. The zero-order valence-electron chi connectivity index (χ0n) is 10.3. The summed E-state index contributed by atoms with van der Waals surface area (Å²) in [5, 5.41) is 37.9. The van der Waals surface area contributed by atoms with Gasteiger partial charge < -0.3 is 20.4 Å². The largest absolute Gasteiger partial charge is 0.396 e. The van der Waals surface area contributed by atoms with E-state index < -0.39 is 18.3 Å². The molecule has 0 aromatic heterocycles. The lowest BCUT2D eigenvalue weighted by molar-refractivity contribution is -0.0215. The Morgan fingerprint density at radius 2 is 1.56 bits per heavy atom. The van der Waals surface area contributed by atoms with Gasteiger partial charge in [0.2, 0.25) is 0 Å². The third-order valence-corrected chi connectivity index (χ3v) is 3.02. The van der Waals surface area contributed by atoms with Gasteiger partial charge in [0.1, 0.15) is 0 Å². The van der Waals surface area contributed by atoms with Gasteiger partial charge in [0.15, 0.2) is 0 Å². The van der Waals surface area contributed by atoms with Crippen molar-refractivity contribution in [3.63, 3.8) is 0 Å². The summed E-state index contributed by atoms with van der Waals surface area (Å²) in [7, 11) is 0. The number of aliphatic hydroxyl groups excluding tert-OH is 4. The smallest absolute Gasteiger partial charge is 0.0617 e. The molecule has 0 spiro atoms. The molecule has 0 saturated carbocycles. The Kier molecular flexibility index (Phi) is 8.84. The van der Waals surface area contributed by atoms with Crippen LogP contribution < -0.4 is 0 Å². The van der Waals surface area contributed by atoms with Crippen molar-refractivity contribution in [1.82, 2.24) is 0 Å². The highest BCUT2D eigenvalue weighted by molar-refractivity contribution is 4.77. The minimum atomic E-state index is -0.701. The molecule has 0 rings (SSSR count). The minimum Gasteiger partial charge on any atom is -0.396 e. The van der Waals surface area contributed by atoms with E-state index in [9.17, 15) is 15.3 Å². The number of rotatable bonds is 9. The van der Waals surface area contributed by atoms with Crippen LogP contribution in [0.2, 0.25) is 0 Å². The Bertz CT molecular complexity index is 163. The van der Waals surface area contributed by atoms with Crippen molar-refractivity contribution in [1.29, 1.82) is 0 Å². The molecule has 4 N–H and O–H groups in total. The first-order valence-corrected chi connectivity index (χ1v) is 6.21. The summed E-state index contributed by atoms with van der Waals surface area (Å²) in [6, 6.07) is 0. The maximum Gasteiger partial charge on any atom is 0.0617 e. The van der Waals surface area contributed by atoms with Crippen molar-refractivity contribution in [3.05, 3.63) is 0 Å². The number of hydrogen-bond donors (Lipinski definition) is 4. The van der Waals surface area contributed by atoms with Crippen LogP contribution in [-0.4, -0.2) is 45.3 Å². The molecule has 0 heterocycles. The van der Waals surface area contributed by atoms with Gasteiger partial charge >= 0.3 is 0 Å². The van der Waals surface area contributed by atoms with Gasteiger partial charge in [0, 0.05) is 12.5 Å². The van der Waals surface area contributed by atoms with Crippen LogP contribution in [0, 0.1) is 5.92 Å². The van der Waals surface area contributed by atoms with Gasteiger partial charge in [-0.3, -0.25) is 0 Å². The van der Waals surface area contributed by atoms with Crippen molar-refractivity contribution in [2.75, 3.05) is 6.61 Å². The van der Waals surface area contributed by atoms with Crippen LogP contribution in [-0.2, 0) is 0 Å². The highest BCUT2D eigenvalue weighted by Crippen LogP contribution is 2.21. The van der Waals surface area contributed by atoms with E-state index in [1.165, 1.54) is 0 Å². The summed E-state index contributed by atoms with van der Waals surface area (Å²) in [6.07, 6.45) is 0.836. The molecule has 0 aliphatic carbocycles. The molecule has 0 aliphatic heterocycles. The molecule has 0 saturated heterocycles. The number of hydrogen-bond acceptors (Lipinski definition) is 4. The van der Waals surface area contributed by atoms with E-state index >= 15 is 0 Å². The Morgan fingerprint density at radius 1 is 0.938 bits per heavy atom. The highest BCUT2D eigenvalue weighted by atomic mass is 16.3. The van der Waals surface area contributed by atoms with Crippen molar-refractivity contribution in [2.24, 2.45) is 5.92 Å². The predicted molar refractivity (Wildman–Crippen MR) is 63.0 cm³/mol. The van der Waals surface area contributed by atoms with Gasteiger partial charge in [0.25, 0.3) is 0 Å². The molecule has 0 fully saturated rings. The first-order chi connectivity index (χ1) is 7.56. The molecule has 0 aromatic carbocycles. The second-order valence-electron chi connectivity index (χ2n) is 4.40. The lowest BCUT2D eigenvalue weighted by atomic mass is 9.87. The van der Waals surface area contributed by atoms with E-state index in [1.54, 1.807) is 0 Å². The molecule has 16 heavy (non-hydrogen) atoms. The third kappa shape index (κ3) is 5.80. The minimum absolute atomic E-state index is 0.0812. The fraction of sp³-hybridized carbons (Fsp3) is 1.00. The molecule has 98 valence electrons. The average Bonchev–Trinajstić information content (AvgIpc) is 2.19. The summed E-state index contributed by atoms with van der Waals surface area (Å²) >= 11 is 0. The summed E-state index contributed by atoms with van der Waals surface area (Å²) < 4.78 is 0. The molecule has 4 heteroatoms. The highest BCUT2D eigenvalue weighted by Gasteiger charge is 2.26. The van der Waals surface area contributed by atoms with Gasteiger partial charge in [0.05, 0.1) is 18.3 Å². The van der Waals surface area contributed by atoms with Crippen LogP contribution in [0.4, 0.5) is 0 Å². The topological polar surface area (TPSA) is 80.9 Å². The van der Waals surface area contributed by atoms with Crippen LogP contribution in [0.25, 0.3) is 0 Å². The van der Waals surface area contributed by atoms with Gasteiger partial charge in [-0.05, 0) is 25.7 Å². The second-order valence-corrected chi connectivity index (χ2v) is 4.40. The molecular formula is C12H26O4. The van der Waals surface area contributed by atoms with Crippen molar-refractivity contribution >= 4 is 0 Å². The first kappa shape index (κ1) is 15.8. The number of aliphatic hydroxyl groups is 4. The Hall–Kier alpha value is -0.160. The first-order valence-electron chi connectivity index (χ1n) is 6.21. The van der Waals surface area contributed by atoms with E-state index in [2.05, 4.69) is 0 Å². The summed E-state index contributed by atoms with van der Waals surface area (Å²) in [5.41, 5.74) is 0. The summed E-state index contributed by atoms with van der Waals surface area (Å²) in [5.74, 6) is -0.187. The SMILES string of the molecule is CCCC(O)C(CC)C(O)CC(O)CCO. The van der Waals surface area contributed by atoms with Crippen LogP contribution in [0.5, 0.6) is 0 Å². The lowest BCUT2D eigenvalue weighted by Gasteiger charge is -2.27. The fourth-order valence-corrected chi connectivity index (χ4v) is 2.03. The van der Waals surface area contributed by atoms with Crippen LogP contribution in [0.1, 0.15) is 46.0 Å². The van der Waals surface area contributed by atoms with Crippen LogP contribution in [0.15, 0.2) is 0 Å². The van der Waals surface area contributed by atoms with E-state index in [0.29, 0.717) is 12.8 Å². The van der Waals surface area contributed by atoms with Crippen LogP contribution >= 0.6 is 0 Å². The van der Waals surface area contributed by atoms with Gasteiger partial charge in [-0.1, -0.05) is 20.3 Å². The fourth-order valence-electron chi connectivity index (χ4n) is 2.03. The summed E-state index contributed by atoms with van der Waals surface area (Å²) in [6.45, 7) is 3.83. The van der Waals surface area contributed by atoms with Gasteiger partial charge in [-0.15, -0.1) is 0 Å². The van der Waals surface area contributed by atoms with Gasteiger partial charge in [-0.25, -0.2) is 0 Å². The van der Waals surface area contributed by atoms with Crippen molar-refractivity contribution in [2.45, 2.75) is 64.3 Å². The average molecular weight is 234 g/mol. The van der Waals surface area contributed by atoms with Crippen LogP contribution in [0.3, 0.4) is 0 Å². The Labute approximate surface area is 97.9 Å². The van der Waals surface area contributed by atoms with Gasteiger partial charge in [-0.2, -0.15) is 0 Å². The standard InChI is InChI=1S/C12H26O4/c1-3-5-11(15)10(4-2)12(16)8-9(14)6-7-13/h9-16H,3-8H2,1-2H3. The molecule has 0 amide bonds. The normalized spacial score (nSPS) is 19.1. The molecule has 4 atom stereocenters. The van der Waals surface area contributed by atoms with E-state index in [4.69, 9.17) is 5.11 Å². The quantitative estimate of drug-likeness (QED) is 0.472. The monoisotopic (exact) mass is 234 g/mol. The molecular weight excluding hydrogens is 208 g/mol.